The summed E-state index contributed by atoms with van der Waals surface area (Å²) >= 11 is 0. The van der Waals surface area contributed by atoms with Gasteiger partial charge in [0, 0.05) is 0 Å². The number of carbonyl (C=O) groups is 1. The van der Waals surface area contributed by atoms with Crippen LogP contribution >= 0.6 is 0 Å². The van der Waals surface area contributed by atoms with Gasteiger partial charge >= 0.3 is 6.09 Å². The maximum Gasteiger partial charge on any atom is 0.407 e. The zero-order chi connectivity index (χ0) is 11.9. The highest BCUT2D eigenvalue weighted by Gasteiger charge is 2.17. The highest BCUT2D eigenvalue weighted by atomic mass is 16.6. The van der Waals surface area contributed by atoms with Gasteiger partial charge in [0.25, 0.3) is 0 Å². The Morgan fingerprint density at radius 2 is 2.13 bits per heavy atom. The Morgan fingerprint density at radius 1 is 1.53 bits per heavy atom. The predicted octanol–water partition coefficient (Wildman–Crippen LogP) is 2.10. The number of nitrogens with one attached hydrogen (secondary N) is 1. The number of ether oxygens (including phenoxy) is 2. The fourth-order valence-corrected chi connectivity index (χ4v) is 0.879. The van der Waals surface area contributed by atoms with E-state index in [0.717, 1.165) is 0 Å². The lowest BCUT2D eigenvalue weighted by Gasteiger charge is -2.21. The average molecular weight is 215 g/mol. The van der Waals surface area contributed by atoms with Crippen LogP contribution in [0.15, 0.2) is 12.7 Å². The van der Waals surface area contributed by atoms with E-state index in [1.165, 1.54) is 0 Å². The Balaban J connectivity index is 3.71. The average Bonchev–Trinajstić information content (AvgIpc) is 2.00. The molecule has 1 N–H and O–H groups in total. The first-order valence-corrected chi connectivity index (χ1v) is 5.03. The lowest BCUT2D eigenvalue weighted by Crippen LogP contribution is -2.39. The molecule has 0 aliphatic rings. The fourth-order valence-electron chi connectivity index (χ4n) is 0.879. The van der Waals surface area contributed by atoms with Crippen LogP contribution in [0.2, 0.25) is 0 Å². The molecule has 0 heterocycles. The van der Waals surface area contributed by atoms with Gasteiger partial charge in [0.15, 0.2) is 0 Å². The highest BCUT2D eigenvalue weighted by Crippen LogP contribution is 2.06. The molecule has 4 heteroatoms. The molecule has 0 bridgehead atoms. The molecule has 1 atom stereocenters. The van der Waals surface area contributed by atoms with Crippen LogP contribution in [0.25, 0.3) is 0 Å². The number of amides is 1. The molecule has 0 saturated carbocycles. The maximum absolute atomic E-state index is 11.3. The molecule has 15 heavy (non-hydrogen) atoms. The molecule has 0 rings (SSSR count). The molecule has 0 aromatic rings. The van der Waals surface area contributed by atoms with E-state index in [9.17, 15) is 4.79 Å². The Bertz CT molecular complexity index is 208. The normalized spacial score (nSPS) is 13.1. The molecule has 4 nitrogen and oxygen atoms in total. The van der Waals surface area contributed by atoms with E-state index < -0.39 is 11.7 Å². The molecular formula is C11H21NO3. The van der Waals surface area contributed by atoms with E-state index in [-0.39, 0.29) is 6.04 Å². The van der Waals surface area contributed by atoms with Crippen molar-refractivity contribution in [2.45, 2.75) is 39.3 Å². The second kappa shape index (κ2) is 6.45. The standard InChI is InChI=1S/C11H21NO3/c1-6-7-14-8-9(2)12-10(13)15-11(3,4)5/h6,9H,1,7-8H2,2-5H3,(H,12,13)/t9-/m1/s1. The first kappa shape index (κ1) is 14.0. The number of hydrogen-bond acceptors (Lipinski definition) is 3. The van der Waals surface area contributed by atoms with Crippen molar-refractivity contribution in [2.75, 3.05) is 13.2 Å². The lowest BCUT2D eigenvalue weighted by molar-refractivity contribution is 0.0466. The molecule has 0 aliphatic carbocycles. The smallest absolute Gasteiger partial charge is 0.407 e. The summed E-state index contributed by atoms with van der Waals surface area (Å²) in [4.78, 5) is 11.3. The van der Waals surface area contributed by atoms with Crippen LogP contribution < -0.4 is 5.32 Å². The van der Waals surface area contributed by atoms with Crippen molar-refractivity contribution in [1.29, 1.82) is 0 Å². The summed E-state index contributed by atoms with van der Waals surface area (Å²) < 4.78 is 10.3. The second-order valence-electron chi connectivity index (χ2n) is 4.37. The topological polar surface area (TPSA) is 47.6 Å². The van der Waals surface area contributed by atoms with E-state index in [2.05, 4.69) is 11.9 Å². The summed E-state index contributed by atoms with van der Waals surface area (Å²) in [5.74, 6) is 0. The maximum atomic E-state index is 11.3. The van der Waals surface area contributed by atoms with Crippen LogP contribution in [-0.2, 0) is 9.47 Å². The Hall–Kier alpha value is -1.03. The molecule has 0 saturated heterocycles. The molecule has 0 spiro atoms. The summed E-state index contributed by atoms with van der Waals surface area (Å²) in [6, 6.07) is -0.0696. The van der Waals surface area contributed by atoms with Crippen LogP contribution in [0, 0.1) is 0 Å². The van der Waals surface area contributed by atoms with Gasteiger partial charge in [-0.2, -0.15) is 0 Å². The molecule has 0 unspecified atom stereocenters. The minimum Gasteiger partial charge on any atom is -0.444 e. The Morgan fingerprint density at radius 3 is 2.60 bits per heavy atom. The van der Waals surface area contributed by atoms with Gasteiger partial charge in [0.05, 0.1) is 19.3 Å². The van der Waals surface area contributed by atoms with Gasteiger partial charge in [-0.1, -0.05) is 6.08 Å². The van der Waals surface area contributed by atoms with Gasteiger partial charge < -0.3 is 14.8 Å². The number of carbonyl (C=O) groups excluding carboxylic acids is 1. The van der Waals surface area contributed by atoms with Gasteiger partial charge in [-0.05, 0) is 27.7 Å². The van der Waals surface area contributed by atoms with Crippen molar-refractivity contribution >= 4 is 6.09 Å². The van der Waals surface area contributed by atoms with E-state index in [1.807, 2.05) is 27.7 Å². The van der Waals surface area contributed by atoms with Crippen LogP contribution in [0.1, 0.15) is 27.7 Å². The fraction of sp³-hybridized carbons (Fsp3) is 0.727. The summed E-state index contributed by atoms with van der Waals surface area (Å²) in [7, 11) is 0. The van der Waals surface area contributed by atoms with E-state index in [4.69, 9.17) is 9.47 Å². The third kappa shape index (κ3) is 9.28. The summed E-state index contributed by atoms with van der Waals surface area (Å²) in [5.41, 5.74) is -0.466. The third-order valence-electron chi connectivity index (χ3n) is 1.37. The SMILES string of the molecule is C=CCOC[C@@H](C)NC(=O)OC(C)(C)C. The van der Waals surface area contributed by atoms with Crippen LogP contribution in [0.4, 0.5) is 4.79 Å². The summed E-state index contributed by atoms with van der Waals surface area (Å²) in [5, 5.41) is 2.67. The van der Waals surface area contributed by atoms with Gasteiger partial charge in [0.1, 0.15) is 5.60 Å². The van der Waals surface area contributed by atoms with Crippen molar-refractivity contribution < 1.29 is 14.3 Å². The third-order valence-corrected chi connectivity index (χ3v) is 1.37. The van der Waals surface area contributed by atoms with Crippen molar-refractivity contribution in [3.63, 3.8) is 0 Å². The van der Waals surface area contributed by atoms with Crippen LogP contribution in [0.3, 0.4) is 0 Å². The molecule has 0 fully saturated rings. The first-order chi connectivity index (χ1) is 6.85. The molecule has 1 amide bonds. The van der Waals surface area contributed by atoms with E-state index in [1.54, 1.807) is 6.08 Å². The van der Waals surface area contributed by atoms with E-state index in [0.29, 0.717) is 13.2 Å². The van der Waals surface area contributed by atoms with Gasteiger partial charge in [-0.25, -0.2) is 4.79 Å². The van der Waals surface area contributed by atoms with Gasteiger partial charge in [0.2, 0.25) is 0 Å². The molecule has 0 radical (unpaired) electrons. The van der Waals surface area contributed by atoms with Crippen molar-refractivity contribution in [2.24, 2.45) is 0 Å². The lowest BCUT2D eigenvalue weighted by atomic mass is 10.2. The highest BCUT2D eigenvalue weighted by molar-refractivity contribution is 5.68. The Labute approximate surface area is 91.6 Å². The van der Waals surface area contributed by atoms with Gasteiger partial charge in [-0.3, -0.25) is 0 Å². The molecular weight excluding hydrogens is 194 g/mol. The minimum atomic E-state index is -0.466. The van der Waals surface area contributed by atoms with E-state index >= 15 is 0 Å². The largest absolute Gasteiger partial charge is 0.444 e. The zero-order valence-corrected chi connectivity index (χ0v) is 10.0. The molecule has 0 aromatic carbocycles. The molecule has 0 aromatic heterocycles. The van der Waals surface area contributed by atoms with Crippen LogP contribution in [0.5, 0.6) is 0 Å². The van der Waals surface area contributed by atoms with Crippen molar-refractivity contribution in [3.8, 4) is 0 Å². The number of alkyl carbamates (subject to hydrolysis) is 1. The monoisotopic (exact) mass is 215 g/mol. The van der Waals surface area contributed by atoms with Crippen molar-refractivity contribution in [3.05, 3.63) is 12.7 Å². The van der Waals surface area contributed by atoms with Crippen LogP contribution in [-0.4, -0.2) is 30.9 Å². The summed E-state index contributed by atoms with van der Waals surface area (Å²) in [6.07, 6.45) is 1.25. The molecule has 0 aliphatic heterocycles. The quantitative estimate of drug-likeness (QED) is 0.564. The Kier molecular flexibility index (Phi) is 6.01. The first-order valence-electron chi connectivity index (χ1n) is 5.03. The van der Waals surface area contributed by atoms with Gasteiger partial charge in [-0.15, -0.1) is 6.58 Å². The minimum absolute atomic E-state index is 0.0696. The number of rotatable bonds is 5. The van der Waals surface area contributed by atoms with Crippen molar-refractivity contribution in [1.82, 2.24) is 5.32 Å². The number of hydrogen-bond donors (Lipinski definition) is 1. The zero-order valence-electron chi connectivity index (χ0n) is 10.0. The molecule has 88 valence electrons. The predicted molar refractivity (Wildman–Crippen MR) is 59.8 cm³/mol. The summed E-state index contributed by atoms with van der Waals surface area (Å²) in [6.45, 7) is 11.8. The second-order valence-corrected chi connectivity index (χ2v) is 4.37.